The van der Waals surface area contributed by atoms with Crippen LogP contribution in [0.3, 0.4) is 0 Å². The van der Waals surface area contributed by atoms with Crippen molar-refractivity contribution in [3.63, 3.8) is 0 Å². The first-order valence-corrected chi connectivity index (χ1v) is 9.29. The zero-order valence-corrected chi connectivity index (χ0v) is 15.2. The summed E-state index contributed by atoms with van der Waals surface area (Å²) in [5.74, 6) is 2.19. The molecule has 0 unspecified atom stereocenters. The molecule has 1 aromatic rings. The van der Waals surface area contributed by atoms with Crippen LogP contribution in [0, 0.1) is 0 Å². The summed E-state index contributed by atoms with van der Waals surface area (Å²) >= 11 is 0. The first-order valence-electron chi connectivity index (χ1n) is 9.29. The average molecular weight is 289 g/mol. The number of hydrogen-bond acceptors (Lipinski definition) is 0. The second kappa shape index (κ2) is 9.28. The molecule has 0 amide bonds. The number of hydrogen-bond donors (Lipinski definition) is 0. The molecule has 21 heavy (non-hydrogen) atoms. The normalized spacial score (nSPS) is 11.9. The average Bonchev–Trinajstić information content (AvgIpc) is 2.51. The lowest BCUT2D eigenvalue weighted by Crippen LogP contribution is -2.05. The van der Waals surface area contributed by atoms with Gasteiger partial charge >= 0.3 is 0 Å². The van der Waals surface area contributed by atoms with Crippen LogP contribution in [0.5, 0.6) is 0 Å². The van der Waals surface area contributed by atoms with Crippen molar-refractivity contribution >= 4 is 0 Å². The van der Waals surface area contributed by atoms with Crippen LogP contribution in [0.2, 0.25) is 0 Å². The number of benzene rings is 1. The third kappa shape index (κ3) is 4.59. The van der Waals surface area contributed by atoms with Gasteiger partial charge in [0.2, 0.25) is 0 Å². The minimum atomic E-state index is 0.729. The van der Waals surface area contributed by atoms with Crippen LogP contribution in [0.15, 0.2) is 18.2 Å². The van der Waals surface area contributed by atoms with Gasteiger partial charge in [-0.1, -0.05) is 59.7 Å². The Hall–Kier alpha value is -0.780. The fourth-order valence-corrected chi connectivity index (χ4v) is 3.69. The highest BCUT2D eigenvalue weighted by atomic mass is 14.2. The second-order valence-corrected chi connectivity index (χ2v) is 6.47. The molecule has 1 aromatic carbocycles. The SMILES string of the molecule is CCC(CC)c1cc(C(CC)CC)cc(C(CC)CC)c1. The molecule has 120 valence electrons. The zero-order chi connectivity index (χ0) is 15.8. The molecule has 0 N–H and O–H groups in total. The Morgan fingerprint density at radius 3 is 0.810 bits per heavy atom. The van der Waals surface area contributed by atoms with Gasteiger partial charge in [0.1, 0.15) is 0 Å². The summed E-state index contributed by atoms with van der Waals surface area (Å²) in [5, 5.41) is 0. The lowest BCUT2D eigenvalue weighted by atomic mass is 9.82. The van der Waals surface area contributed by atoms with Gasteiger partial charge in [-0.15, -0.1) is 0 Å². The molecule has 0 saturated heterocycles. The van der Waals surface area contributed by atoms with Crippen LogP contribution in [0.1, 0.15) is 115 Å². The highest BCUT2D eigenvalue weighted by molar-refractivity contribution is 5.36. The molecule has 0 radical (unpaired) electrons. The summed E-state index contributed by atoms with van der Waals surface area (Å²) in [4.78, 5) is 0. The maximum absolute atomic E-state index is 2.52. The van der Waals surface area contributed by atoms with Crippen molar-refractivity contribution in [3.8, 4) is 0 Å². The molecular weight excluding hydrogens is 252 g/mol. The smallest absolute Gasteiger partial charge is 0.0167 e. The maximum Gasteiger partial charge on any atom is -0.0167 e. The first-order chi connectivity index (χ1) is 10.1. The Bertz CT molecular complexity index is 318. The van der Waals surface area contributed by atoms with Crippen LogP contribution in [-0.4, -0.2) is 0 Å². The van der Waals surface area contributed by atoms with Crippen LogP contribution in [0.25, 0.3) is 0 Å². The van der Waals surface area contributed by atoms with E-state index in [1.807, 2.05) is 0 Å². The Morgan fingerprint density at radius 2 is 0.667 bits per heavy atom. The molecule has 0 aliphatic heterocycles. The van der Waals surface area contributed by atoms with E-state index >= 15 is 0 Å². The lowest BCUT2D eigenvalue weighted by Gasteiger charge is -2.23. The van der Waals surface area contributed by atoms with E-state index in [2.05, 4.69) is 59.7 Å². The predicted octanol–water partition coefficient (Wildman–Crippen LogP) is 7.40. The van der Waals surface area contributed by atoms with Gasteiger partial charge in [0.25, 0.3) is 0 Å². The van der Waals surface area contributed by atoms with Crippen molar-refractivity contribution in [2.24, 2.45) is 0 Å². The molecule has 0 aliphatic carbocycles. The quantitative estimate of drug-likeness (QED) is 0.444. The van der Waals surface area contributed by atoms with Crippen LogP contribution >= 0.6 is 0 Å². The molecular formula is C21H36. The van der Waals surface area contributed by atoms with Crippen LogP contribution < -0.4 is 0 Å². The van der Waals surface area contributed by atoms with Crippen molar-refractivity contribution < 1.29 is 0 Å². The third-order valence-electron chi connectivity index (χ3n) is 5.37. The Morgan fingerprint density at radius 1 is 0.476 bits per heavy atom. The van der Waals surface area contributed by atoms with E-state index < -0.39 is 0 Å². The number of rotatable bonds is 9. The standard InChI is InChI=1S/C21H36/c1-7-16(8-2)19-13-20(17(9-3)10-4)15-21(14-19)18(11-5)12-6/h13-18H,7-12H2,1-6H3. The van der Waals surface area contributed by atoms with Gasteiger partial charge in [-0.05, 0) is 73.0 Å². The summed E-state index contributed by atoms with van der Waals surface area (Å²) in [6.45, 7) is 14.0. The molecule has 1 rings (SSSR count). The van der Waals surface area contributed by atoms with Gasteiger partial charge < -0.3 is 0 Å². The van der Waals surface area contributed by atoms with Crippen molar-refractivity contribution in [1.29, 1.82) is 0 Å². The summed E-state index contributed by atoms with van der Waals surface area (Å²) in [6, 6.07) is 7.55. The topological polar surface area (TPSA) is 0 Å². The minimum Gasteiger partial charge on any atom is -0.0648 e. The van der Waals surface area contributed by atoms with E-state index in [9.17, 15) is 0 Å². The van der Waals surface area contributed by atoms with E-state index in [1.54, 1.807) is 16.7 Å². The van der Waals surface area contributed by atoms with Gasteiger partial charge in [-0.3, -0.25) is 0 Å². The molecule has 0 aliphatic rings. The van der Waals surface area contributed by atoms with Crippen molar-refractivity contribution in [2.75, 3.05) is 0 Å². The molecule has 0 atom stereocenters. The third-order valence-corrected chi connectivity index (χ3v) is 5.37. The molecule has 0 fully saturated rings. The van der Waals surface area contributed by atoms with Crippen molar-refractivity contribution in [1.82, 2.24) is 0 Å². The molecule has 0 spiro atoms. The highest BCUT2D eigenvalue weighted by Crippen LogP contribution is 2.34. The van der Waals surface area contributed by atoms with E-state index in [0.29, 0.717) is 0 Å². The summed E-state index contributed by atoms with van der Waals surface area (Å²) in [7, 11) is 0. The van der Waals surface area contributed by atoms with E-state index in [4.69, 9.17) is 0 Å². The van der Waals surface area contributed by atoms with Gasteiger partial charge in [0, 0.05) is 0 Å². The highest BCUT2D eigenvalue weighted by Gasteiger charge is 2.16. The zero-order valence-electron chi connectivity index (χ0n) is 15.2. The lowest BCUT2D eigenvalue weighted by molar-refractivity contribution is 0.606. The predicted molar refractivity (Wildman–Crippen MR) is 96.4 cm³/mol. The summed E-state index contributed by atoms with van der Waals surface area (Å²) in [6.07, 6.45) is 7.53. The molecule has 0 bridgehead atoms. The molecule has 0 heteroatoms. The van der Waals surface area contributed by atoms with Crippen LogP contribution in [0.4, 0.5) is 0 Å². The van der Waals surface area contributed by atoms with E-state index in [1.165, 1.54) is 38.5 Å². The van der Waals surface area contributed by atoms with Gasteiger partial charge in [-0.25, -0.2) is 0 Å². The monoisotopic (exact) mass is 288 g/mol. The first kappa shape index (κ1) is 18.3. The fourth-order valence-electron chi connectivity index (χ4n) is 3.69. The Balaban J connectivity index is 3.30. The summed E-state index contributed by atoms with van der Waals surface area (Å²) < 4.78 is 0. The fraction of sp³-hybridized carbons (Fsp3) is 0.714. The van der Waals surface area contributed by atoms with Gasteiger partial charge in [0.05, 0.1) is 0 Å². The molecule has 0 saturated carbocycles. The second-order valence-electron chi connectivity index (χ2n) is 6.47. The molecule has 0 nitrogen and oxygen atoms in total. The van der Waals surface area contributed by atoms with Gasteiger partial charge in [-0.2, -0.15) is 0 Å². The molecule has 0 heterocycles. The Kier molecular flexibility index (Phi) is 8.07. The maximum atomic E-state index is 2.52. The van der Waals surface area contributed by atoms with E-state index in [0.717, 1.165) is 17.8 Å². The van der Waals surface area contributed by atoms with E-state index in [-0.39, 0.29) is 0 Å². The minimum absolute atomic E-state index is 0.729. The van der Waals surface area contributed by atoms with Gasteiger partial charge in [0.15, 0.2) is 0 Å². The largest absolute Gasteiger partial charge is 0.0648 e. The summed E-state index contributed by atoms with van der Waals surface area (Å²) in [5.41, 5.74) is 4.77. The van der Waals surface area contributed by atoms with Crippen molar-refractivity contribution in [3.05, 3.63) is 34.9 Å². The molecule has 0 aromatic heterocycles. The van der Waals surface area contributed by atoms with Crippen molar-refractivity contribution in [2.45, 2.75) is 97.8 Å². The van der Waals surface area contributed by atoms with Crippen LogP contribution in [-0.2, 0) is 0 Å². The Labute approximate surface area is 133 Å².